The molecular formula is C18H25NO2S. The molecule has 0 bridgehead atoms. The van der Waals surface area contributed by atoms with Gasteiger partial charge in [-0.15, -0.1) is 0 Å². The Morgan fingerprint density at radius 3 is 2.64 bits per heavy atom. The van der Waals surface area contributed by atoms with Crippen molar-refractivity contribution in [2.24, 2.45) is 0 Å². The molecule has 22 heavy (non-hydrogen) atoms. The van der Waals surface area contributed by atoms with Crippen molar-refractivity contribution in [1.82, 2.24) is 4.90 Å². The number of hydrogen-bond donors (Lipinski definition) is 1. The average Bonchev–Trinajstić information content (AvgIpc) is 3.05. The maximum Gasteiger partial charge on any atom is 0.119 e. The molecule has 0 spiro atoms. The summed E-state index contributed by atoms with van der Waals surface area (Å²) in [6, 6.07) is 12.2. The van der Waals surface area contributed by atoms with E-state index in [1.165, 1.54) is 5.56 Å². The largest absolute Gasteiger partial charge is 0.491 e. The topological polar surface area (TPSA) is 32.7 Å². The van der Waals surface area contributed by atoms with Crippen LogP contribution in [0.25, 0.3) is 0 Å². The lowest BCUT2D eigenvalue weighted by atomic mass is 10.1. The van der Waals surface area contributed by atoms with E-state index in [1.807, 2.05) is 30.3 Å². The van der Waals surface area contributed by atoms with Crippen LogP contribution >= 0.6 is 11.3 Å². The highest BCUT2D eigenvalue weighted by Gasteiger charge is 2.17. The molecule has 1 heterocycles. The molecule has 0 unspecified atom stereocenters. The Morgan fingerprint density at radius 2 is 2.00 bits per heavy atom. The third-order valence-electron chi connectivity index (χ3n) is 3.81. The Balaban J connectivity index is 1.85. The molecule has 0 saturated heterocycles. The Hall–Kier alpha value is -1.36. The van der Waals surface area contributed by atoms with Crippen LogP contribution in [0.3, 0.4) is 0 Å². The normalized spacial score (nSPS) is 14.0. The van der Waals surface area contributed by atoms with Gasteiger partial charge in [0.2, 0.25) is 0 Å². The fourth-order valence-corrected chi connectivity index (χ4v) is 2.97. The fourth-order valence-electron chi connectivity index (χ4n) is 2.31. The van der Waals surface area contributed by atoms with Crippen LogP contribution in [0.1, 0.15) is 25.8 Å². The summed E-state index contributed by atoms with van der Waals surface area (Å²) in [5.41, 5.74) is 1.31. The maximum atomic E-state index is 10.3. The van der Waals surface area contributed by atoms with Gasteiger partial charge in [-0.3, -0.25) is 4.90 Å². The molecule has 2 rings (SSSR count). The Kier molecular flexibility index (Phi) is 6.90. The number of ether oxygens (including phenoxy) is 1. The van der Waals surface area contributed by atoms with Crippen molar-refractivity contribution >= 4 is 11.3 Å². The molecule has 2 atom stereocenters. The first kappa shape index (κ1) is 17.0. The van der Waals surface area contributed by atoms with E-state index in [4.69, 9.17) is 4.74 Å². The summed E-state index contributed by atoms with van der Waals surface area (Å²) in [5, 5.41) is 14.6. The summed E-state index contributed by atoms with van der Waals surface area (Å²) in [6.45, 7) is 6.20. The predicted octanol–water partition coefficient (Wildman–Crippen LogP) is 3.79. The molecule has 1 aromatic carbocycles. The molecule has 4 heteroatoms. The van der Waals surface area contributed by atoms with Crippen LogP contribution in [0.15, 0.2) is 47.2 Å². The highest BCUT2D eigenvalue weighted by molar-refractivity contribution is 7.07. The van der Waals surface area contributed by atoms with E-state index < -0.39 is 6.10 Å². The SMILES string of the molecule is CC[C@H](C)N(Cc1ccsc1)C[C@H](O)COc1ccccc1. The van der Waals surface area contributed by atoms with Gasteiger partial charge < -0.3 is 9.84 Å². The predicted molar refractivity (Wildman–Crippen MR) is 92.4 cm³/mol. The highest BCUT2D eigenvalue weighted by atomic mass is 32.1. The third kappa shape index (κ3) is 5.44. The highest BCUT2D eigenvalue weighted by Crippen LogP contribution is 2.15. The summed E-state index contributed by atoms with van der Waals surface area (Å²) in [5.74, 6) is 0.800. The fraction of sp³-hybridized carbons (Fsp3) is 0.444. The van der Waals surface area contributed by atoms with E-state index in [0.29, 0.717) is 19.2 Å². The first-order valence-electron chi connectivity index (χ1n) is 7.80. The molecule has 0 saturated carbocycles. The number of rotatable bonds is 9. The molecule has 0 aliphatic carbocycles. The zero-order valence-electron chi connectivity index (χ0n) is 13.3. The second-order valence-electron chi connectivity index (χ2n) is 5.60. The summed E-state index contributed by atoms with van der Waals surface area (Å²) >= 11 is 1.71. The number of benzene rings is 1. The zero-order valence-corrected chi connectivity index (χ0v) is 14.1. The molecule has 3 nitrogen and oxygen atoms in total. The van der Waals surface area contributed by atoms with E-state index in [-0.39, 0.29) is 0 Å². The molecular weight excluding hydrogens is 294 g/mol. The van der Waals surface area contributed by atoms with Crippen LogP contribution in [0, 0.1) is 0 Å². The van der Waals surface area contributed by atoms with Crippen molar-refractivity contribution in [3.05, 3.63) is 52.7 Å². The van der Waals surface area contributed by atoms with Gasteiger partial charge in [-0.1, -0.05) is 25.1 Å². The van der Waals surface area contributed by atoms with Gasteiger partial charge in [0, 0.05) is 19.1 Å². The van der Waals surface area contributed by atoms with Gasteiger partial charge >= 0.3 is 0 Å². The summed E-state index contributed by atoms with van der Waals surface area (Å²) in [6.07, 6.45) is 0.573. The Bertz CT molecular complexity index is 515. The molecule has 0 aliphatic rings. The second kappa shape index (κ2) is 8.93. The van der Waals surface area contributed by atoms with Crippen molar-refractivity contribution in [2.75, 3.05) is 13.2 Å². The Morgan fingerprint density at radius 1 is 1.23 bits per heavy atom. The van der Waals surface area contributed by atoms with Crippen molar-refractivity contribution in [2.45, 2.75) is 39.0 Å². The van der Waals surface area contributed by atoms with Crippen molar-refractivity contribution in [3.8, 4) is 5.75 Å². The van der Waals surface area contributed by atoms with Crippen LogP contribution < -0.4 is 4.74 Å². The molecule has 0 amide bonds. The molecule has 120 valence electrons. The van der Waals surface area contributed by atoms with E-state index in [1.54, 1.807) is 11.3 Å². The first-order valence-corrected chi connectivity index (χ1v) is 8.74. The minimum Gasteiger partial charge on any atom is -0.491 e. The van der Waals surface area contributed by atoms with Gasteiger partial charge in [-0.05, 0) is 47.9 Å². The van der Waals surface area contributed by atoms with Crippen LogP contribution in [-0.2, 0) is 6.54 Å². The van der Waals surface area contributed by atoms with Gasteiger partial charge in [0.25, 0.3) is 0 Å². The minimum absolute atomic E-state index is 0.320. The molecule has 1 aromatic heterocycles. The molecule has 2 aromatic rings. The van der Waals surface area contributed by atoms with Gasteiger partial charge in [0.05, 0.1) is 0 Å². The van der Waals surface area contributed by atoms with Crippen LogP contribution in [0.5, 0.6) is 5.75 Å². The number of thiophene rings is 1. The van der Waals surface area contributed by atoms with Gasteiger partial charge in [-0.2, -0.15) is 11.3 Å². The monoisotopic (exact) mass is 319 g/mol. The summed E-state index contributed by atoms with van der Waals surface area (Å²) < 4.78 is 5.64. The lowest BCUT2D eigenvalue weighted by Gasteiger charge is -2.30. The van der Waals surface area contributed by atoms with Gasteiger partial charge in [-0.25, -0.2) is 0 Å². The summed E-state index contributed by atoms with van der Waals surface area (Å²) in [7, 11) is 0. The maximum absolute atomic E-state index is 10.3. The third-order valence-corrected chi connectivity index (χ3v) is 4.54. The number of aliphatic hydroxyl groups excluding tert-OH is 1. The number of aliphatic hydroxyl groups is 1. The van der Waals surface area contributed by atoms with E-state index in [9.17, 15) is 5.11 Å². The molecule has 0 radical (unpaired) electrons. The first-order chi connectivity index (χ1) is 10.7. The van der Waals surface area contributed by atoms with Crippen LogP contribution in [0.2, 0.25) is 0 Å². The number of nitrogens with zero attached hydrogens (tertiary/aromatic N) is 1. The lowest BCUT2D eigenvalue weighted by molar-refractivity contribution is 0.0507. The van der Waals surface area contributed by atoms with Crippen molar-refractivity contribution in [1.29, 1.82) is 0 Å². The van der Waals surface area contributed by atoms with Crippen LogP contribution in [0.4, 0.5) is 0 Å². The number of hydrogen-bond acceptors (Lipinski definition) is 4. The standard InChI is InChI=1S/C18H25NO2S/c1-3-15(2)19(11-16-9-10-22-14-16)12-17(20)13-21-18-7-5-4-6-8-18/h4-10,14-15,17,20H,3,11-13H2,1-2H3/t15-,17-/m0/s1. The van der Waals surface area contributed by atoms with Crippen LogP contribution in [-0.4, -0.2) is 35.3 Å². The quantitative estimate of drug-likeness (QED) is 0.763. The van der Waals surface area contributed by atoms with Gasteiger partial charge in [0.15, 0.2) is 0 Å². The van der Waals surface area contributed by atoms with Crippen molar-refractivity contribution < 1.29 is 9.84 Å². The lowest BCUT2D eigenvalue weighted by Crippen LogP contribution is -2.40. The van der Waals surface area contributed by atoms with Gasteiger partial charge in [0.1, 0.15) is 18.5 Å². The van der Waals surface area contributed by atoms with E-state index >= 15 is 0 Å². The van der Waals surface area contributed by atoms with E-state index in [0.717, 1.165) is 18.7 Å². The summed E-state index contributed by atoms with van der Waals surface area (Å²) in [4.78, 5) is 2.32. The zero-order chi connectivity index (χ0) is 15.8. The van der Waals surface area contributed by atoms with Crippen molar-refractivity contribution in [3.63, 3.8) is 0 Å². The molecule has 1 N–H and O–H groups in total. The smallest absolute Gasteiger partial charge is 0.119 e. The minimum atomic E-state index is -0.493. The Labute approximate surface area is 137 Å². The van der Waals surface area contributed by atoms with E-state index in [2.05, 4.69) is 35.6 Å². The average molecular weight is 319 g/mol. The molecule has 0 fully saturated rings. The second-order valence-corrected chi connectivity index (χ2v) is 6.38. The molecule has 0 aliphatic heterocycles. The number of para-hydroxylation sites is 1.